The molecule has 1 heterocycles. The van der Waals surface area contributed by atoms with Crippen molar-refractivity contribution in [3.05, 3.63) is 80.2 Å². The molecule has 2 aromatic carbocycles. The van der Waals surface area contributed by atoms with Gasteiger partial charge in [0.15, 0.2) is 0 Å². The molecule has 0 aliphatic heterocycles. The molecule has 0 spiro atoms. The zero-order valence-corrected chi connectivity index (χ0v) is 13.0. The topological polar surface area (TPSA) is 82.6 Å². The van der Waals surface area contributed by atoms with Crippen LogP contribution >= 0.6 is 0 Å². The molecule has 0 fully saturated rings. The Balaban J connectivity index is 1.91. The minimum absolute atomic E-state index is 0.0440. The van der Waals surface area contributed by atoms with Crippen molar-refractivity contribution in [2.45, 2.75) is 20.0 Å². The summed E-state index contributed by atoms with van der Waals surface area (Å²) in [7, 11) is 0. The average molecular weight is 325 g/mol. The van der Waals surface area contributed by atoms with Gasteiger partial charge in [-0.3, -0.25) is 10.1 Å². The molecular weight excluding hydrogens is 310 g/mol. The molecule has 122 valence electrons. The Bertz CT molecular complexity index is 961. The van der Waals surface area contributed by atoms with Gasteiger partial charge in [-0.2, -0.15) is 0 Å². The maximum atomic E-state index is 11.7. The lowest BCUT2D eigenvalue weighted by atomic mass is 10.1. The molecule has 0 saturated heterocycles. The molecule has 0 N–H and O–H groups in total. The van der Waals surface area contributed by atoms with Crippen LogP contribution in [0.5, 0.6) is 5.75 Å². The number of benzene rings is 2. The number of hydrogen-bond donors (Lipinski definition) is 0. The van der Waals surface area contributed by atoms with Crippen LogP contribution < -0.4 is 10.4 Å². The van der Waals surface area contributed by atoms with Crippen molar-refractivity contribution in [2.24, 2.45) is 0 Å². The molecular formula is C18H15NO5. The molecule has 0 amide bonds. The number of hydrogen-bond acceptors (Lipinski definition) is 5. The van der Waals surface area contributed by atoms with E-state index < -0.39 is 10.5 Å². The first kappa shape index (κ1) is 15.7. The van der Waals surface area contributed by atoms with Crippen molar-refractivity contribution in [2.75, 3.05) is 0 Å². The van der Waals surface area contributed by atoms with Gasteiger partial charge in [-0.05, 0) is 24.1 Å². The minimum Gasteiger partial charge on any atom is -0.489 e. The zero-order chi connectivity index (χ0) is 17.1. The normalized spacial score (nSPS) is 10.7. The van der Waals surface area contributed by atoms with E-state index in [0.29, 0.717) is 16.9 Å². The lowest BCUT2D eigenvalue weighted by Crippen LogP contribution is -2.04. The van der Waals surface area contributed by atoms with E-state index in [4.69, 9.17) is 9.15 Å². The first-order valence-electron chi connectivity index (χ1n) is 7.49. The number of aryl methyl sites for hydroxylation is 1. The van der Waals surface area contributed by atoms with Gasteiger partial charge in [-0.15, -0.1) is 0 Å². The highest BCUT2D eigenvalue weighted by molar-refractivity contribution is 5.80. The summed E-state index contributed by atoms with van der Waals surface area (Å²) in [5.41, 5.74) is 1.77. The number of non-ortho nitro benzene ring substituents is 1. The van der Waals surface area contributed by atoms with Gasteiger partial charge in [-0.25, -0.2) is 4.79 Å². The summed E-state index contributed by atoms with van der Waals surface area (Å²) >= 11 is 0. The third-order valence-electron chi connectivity index (χ3n) is 3.73. The monoisotopic (exact) mass is 325 g/mol. The van der Waals surface area contributed by atoms with Crippen LogP contribution in [0.15, 0.2) is 57.7 Å². The molecule has 0 saturated carbocycles. The van der Waals surface area contributed by atoms with Crippen LogP contribution in [0.2, 0.25) is 0 Å². The summed E-state index contributed by atoms with van der Waals surface area (Å²) in [6.07, 6.45) is 0.841. The molecule has 3 aromatic rings. The average Bonchev–Trinajstić information content (AvgIpc) is 2.59. The van der Waals surface area contributed by atoms with Crippen molar-refractivity contribution < 1.29 is 14.1 Å². The van der Waals surface area contributed by atoms with E-state index in [9.17, 15) is 14.9 Å². The van der Waals surface area contributed by atoms with E-state index in [2.05, 4.69) is 0 Å². The van der Waals surface area contributed by atoms with Crippen molar-refractivity contribution in [3.8, 4) is 5.75 Å². The van der Waals surface area contributed by atoms with Gasteiger partial charge >= 0.3 is 5.63 Å². The maximum Gasteiger partial charge on any atom is 0.336 e. The predicted octanol–water partition coefficient (Wildman–Crippen LogP) is 3.84. The standard InChI is InChI=1S/C18H15NO5/c1-2-12-6-7-16-13(9-18(20)24-17(16)8-12)11-23-15-5-3-4-14(10-15)19(21)22/h3-10H,2,11H2,1H3. The van der Waals surface area contributed by atoms with E-state index in [0.717, 1.165) is 17.4 Å². The SMILES string of the molecule is CCc1ccc2c(COc3cccc([N+](=O)[O-])c3)cc(=O)oc2c1. The number of fused-ring (bicyclic) bond motifs is 1. The Morgan fingerprint density at radius 1 is 1.17 bits per heavy atom. The highest BCUT2D eigenvalue weighted by Gasteiger charge is 2.09. The molecule has 0 aliphatic rings. The Labute approximate surface area is 137 Å². The first-order chi connectivity index (χ1) is 11.6. The van der Waals surface area contributed by atoms with E-state index in [1.807, 2.05) is 25.1 Å². The highest BCUT2D eigenvalue weighted by Crippen LogP contribution is 2.23. The molecule has 0 radical (unpaired) electrons. The van der Waals surface area contributed by atoms with Crippen molar-refractivity contribution >= 4 is 16.7 Å². The Kier molecular flexibility index (Phi) is 4.29. The van der Waals surface area contributed by atoms with Gasteiger partial charge in [0, 0.05) is 23.1 Å². The van der Waals surface area contributed by atoms with Crippen LogP contribution in [0.4, 0.5) is 5.69 Å². The summed E-state index contributed by atoms with van der Waals surface area (Å²) in [6.45, 7) is 2.14. The summed E-state index contributed by atoms with van der Waals surface area (Å²) in [6, 6.07) is 13.0. The fourth-order valence-corrected chi connectivity index (χ4v) is 2.46. The van der Waals surface area contributed by atoms with Gasteiger partial charge < -0.3 is 9.15 Å². The largest absolute Gasteiger partial charge is 0.489 e. The number of nitro benzene ring substituents is 1. The quantitative estimate of drug-likeness (QED) is 0.404. The minimum atomic E-state index is -0.480. The lowest BCUT2D eigenvalue weighted by molar-refractivity contribution is -0.384. The fourth-order valence-electron chi connectivity index (χ4n) is 2.46. The molecule has 6 nitrogen and oxygen atoms in total. The third kappa shape index (κ3) is 3.27. The molecule has 0 unspecified atom stereocenters. The summed E-state index contributed by atoms with van der Waals surface area (Å²) < 4.78 is 10.9. The second kappa shape index (κ2) is 6.54. The molecule has 3 rings (SSSR count). The second-order valence-electron chi connectivity index (χ2n) is 5.32. The van der Waals surface area contributed by atoms with Crippen molar-refractivity contribution in [1.29, 1.82) is 0 Å². The number of nitro groups is 1. The molecule has 0 bridgehead atoms. The molecule has 0 aliphatic carbocycles. The zero-order valence-electron chi connectivity index (χ0n) is 13.0. The number of rotatable bonds is 5. The van der Waals surface area contributed by atoms with E-state index in [-0.39, 0.29) is 12.3 Å². The van der Waals surface area contributed by atoms with Gasteiger partial charge in [-0.1, -0.05) is 25.1 Å². The molecule has 6 heteroatoms. The lowest BCUT2D eigenvalue weighted by Gasteiger charge is -2.09. The van der Waals surface area contributed by atoms with Crippen LogP contribution in [0, 0.1) is 10.1 Å². The Hall–Kier alpha value is -3.15. The fraction of sp³-hybridized carbons (Fsp3) is 0.167. The first-order valence-corrected chi connectivity index (χ1v) is 7.49. The predicted molar refractivity (Wildman–Crippen MR) is 89.3 cm³/mol. The maximum absolute atomic E-state index is 11.7. The van der Waals surface area contributed by atoms with Gasteiger partial charge in [0.1, 0.15) is 17.9 Å². The van der Waals surface area contributed by atoms with Crippen LogP contribution in [0.3, 0.4) is 0 Å². The smallest absolute Gasteiger partial charge is 0.336 e. The van der Waals surface area contributed by atoms with E-state index in [1.165, 1.54) is 18.2 Å². The van der Waals surface area contributed by atoms with Crippen molar-refractivity contribution in [3.63, 3.8) is 0 Å². The van der Waals surface area contributed by atoms with E-state index >= 15 is 0 Å². The highest BCUT2D eigenvalue weighted by atomic mass is 16.6. The van der Waals surface area contributed by atoms with Gasteiger partial charge in [0.2, 0.25) is 0 Å². The Morgan fingerprint density at radius 3 is 2.75 bits per heavy atom. The summed E-state index contributed by atoms with van der Waals surface area (Å²) in [5.74, 6) is 0.371. The summed E-state index contributed by atoms with van der Waals surface area (Å²) in [5, 5.41) is 11.6. The molecule has 1 aromatic heterocycles. The summed E-state index contributed by atoms with van der Waals surface area (Å²) in [4.78, 5) is 22.1. The van der Waals surface area contributed by atoms with Crippen LogP contribution in [0.1, 0.15) is 18.1 Å². The van der Waals surface area contributed by atoms with Crippen LogP contribution in [0.25, 0.3) is 11.0 Å². The van der Waals surface area contributed by atoms with Crippen LogP contribution in [-0.4, -0.2) is 4.92 Å². The Morgan fingerprint density at radius 2 is 2.00 bits per heavy atom. The number of ether oxygens (including phenoxy) is 1. The van der Waals surface area contributed by atoms with Crippen LogP contribution in [-0.2, 0) is 13.0 Å². The van der Waals surface area contributed by atoms with Crippen molar-refractivity contribution in [1.82, 2.24) is 0 Å². The van der Waals surface area contributed by atoms with E-state index in [1.54, 1.807) is 12.1 Å². The van der Waals surface area contributed by atoms with Gasteiger partial charge in [0.25, 0.3) is 5.69 Å². The third-order valence-corrected chi connectivity index (χ3v) is 3.73. The molecule has 0 atom stereocenters. The van der Waals surface area contributed by atoms with Gasteiger partial charge in [0.05, 0.1) is 11.0 Å². The second-order valence-corrected chi connectivity index (χ2v) is 5.32. The number of nitrogens with zero attached hydrogens (tertiary/aromatic N) is 1. The molecule has 24 heavy (non-hydrogen) atoms.